The molecule has 2 aromatic rings. The first-order valence-electron chi connectivity index (χ1n) is 8.21. The Balaban J connectivity index is 1.47. The third-order valence-corrected chi connectivity index (χ3v) is 4.69. The van der Waals surface area contributed by atoms with Crippen molar-refractivity contribution in [3.8, 4) is 0 Å². The summed E-state index contributed by atoms with van der Waals surface area (Å²) in [7, 11) is 0. The summed E-state index contributed by atoms with van der Waals surface area (Å²) < 4.78 is 5.79. The van der Waals surface area contributed by atoms with Crippen LogP contribution in [-0.4, -0.2) is 57.5 Å². The van der Waals surface area contributed by atoms with E-state index in [9.17, 15) is 4.79 Å². The molecule has 4 heterocycles. The summed E-state index contributed by atoms with van der Waals surface area (Å²) in [5.74, 6) is 0.0660. The predicted octanol–water partition coefficient (Wildman–Crippen LogP) is 1.09. The maximum Gasteiger partial charge on any atom is 0.249 e. The Morgan fingerprint density at radius 2 is 1.92 bits per heavy atom. The fraction of sp³-hybridized carbons (Fsp3) is 0.389. The number of morpholine rings is 1. The Labute approximate surface area is 141 Å². The third-order valence-electron chi connectivity index (χ3n) is 4.69. The van der Waals surface area contributed by atoms with E-state index in [1.165, 1.54) is 5.56 Å². The Bertz CT molecular complexity index is 695. The van der Waals surface area contributed by atoms with Gasteiger partial charge in [0.25, 0.3) is 0 Å². The van der Waals surface area contributed by atoms with Crippen LogP contribution in [0.1, 0.15) is 11.1 Å². The lowest BCUT2D eigenvalue weighted by Crippen LogP contribution is -2.53. The molecular formula is C18H20N4O2. The topological polar surface area (TPSA) is 58.6 Å². The van der Waals surface area contributed by atoms with Gasteiger partial charge >= 0.3 is 0 Å². The minimum Gasteiger partial charge on any atom is -0.365 e. The number of pyridine rings is 2. The SMILES string of the molecule is O=C1CO[C@@H]2CN(Cc3cccnc3)C[C@H]2N1Cc1ccncc1. The predicted molar refractivity (Wildman–Crippen MR) is 87.8 cm³/mol. The minimum absolute atomic E-state index is 0.0660. The summed E-state index contributed by atoms with van der Waals surface area (Å²) in [6.45, 7) is 3.30. The number of ether oxygens (including phenoxy) is 1. The van der Waals surface area contributed by atoms with Crippen molar-refractivity contribution in [3.63, 3.8) is 0 Å². The smallest absolute Gasteiger partial charge is 0.249 e. The van der Waals surface area contributed by atoms with E-state index in [0.29, 0.717) is 6.54 Å². The number of carbonyl (C=O) groups excluding carboxylic acids is 1. The molecule has 2 aliphatic heterocycles. The fourth-order valence-corrected chi connectivity index (χ4v) is 3.51. The van der Waals surface area contributed by atoms with Gasteiger partial charge in [-0.05, 0) is 29.3 Å². The molecule has 0 spiro atoms. The molecule has 6 nitrogen and oxygen atoms in total. The van der Waals surface area contributed by atoms with Crippen molar-refractivity contribution in [2.45, 2.75) is 25.2 Å². The maximum atomic E-state index is 12.4. The van der Waals surface area contributed by atoms with E-state index < -0.39 is 0 Å². The van der Waals surface area contributed by atoms with Crippen LogP contribution >= 0.6 is 0 Å². The lowest BCUT2D eigenvalue weighted by molar-refractivity contribution is -0.153. The molecule has 0 N–H and O–H groups in total. The molecule has 24 heavy (non-hydrogen) atoms. The highest BCUT2D eigenvalue weighted by Gasteiger charge is 2.42. The molecule has 2 saturated heterocycles. The molecule has 0 radical (unpaired) electrons. The van der Waals surface area contributed by atoms with Gasteiger partial charge in [-0.25, -0.2) is 0 Å². The molecule has 1 amide bonds. The molecule has 2 atom stereocenters. The van der Waals surface area contributed by atoms with Crippen LogP contribution in [0.4, 0.5) is 0 Å². The number of nitrogens with zero attached hydrogens (tertiary/aromatic N) is 4. The van der Waals surface area contributed by atoms with Crippen LogP contribution in [0, 0.1) is 0 Å². The molecule has 0 aromatic carbocycles. The van der Waals surface area contributed by atoms with Gasteiger partial charge in [0.1, 0.15) is 6.61 Å². The first kappa shape index (κ1) is 15.2. The summed E-state index contributed by atoms with van der Waals surface area (Å²) in [5.41, 5.74) is 2.29. The molecule has 0 unspecified atom stereocenters. The lowest BCUT2D eigenvalue weighted by Gasteiger charge is -2.36. The van der Waals surface area contributed by atoms with Crippen LogP contribution < -0.4 is 0 Å². The van der Waals surface area contributed by atoms with Crippen molar-refractivity contribution in [3.05, 3.63) is 60.2 Å². The zero-order chi connectivity index (χ0) is 16.4. The molecule has 4 rings (SSSR count). The van der Waals surface area contributed by atoms with E-state index >= 15 is 0 Å². The molecule has 0 bridgehead atoms. The second-order valence-electron chi connectivity index (χ2n) is 6.35. The van der Waals surface area contributed by atoms with Crippen molar-refractivity contribution in [2.24, 2.45) is 0 Å². The summed E-state index contributed by atoms with van der Waals surface area (Å²) in [4.78, 5) is 24.9. The highest BCUT2D eigenvalue weighted by atomic mass is 16.5. The fourth-order valence-electron chi connectivity index (χ4n) is 3.51. The molecule has 6 heteroatoms. The van der Waals surface area contributed by atoms with Crippen molar-refractivity contribution < 1.29 is 9.53 Å². The first-order chi connectivity index (χ1) is 11.8. The monoisotopic (exact) mass is 324 g/mol. The number of hydrogen-bond donors (Lipinski definition) is 0. The number of likely N-dealkylation sites (tertiary alicyclic amines) is 1. The second-order valence-corrected chi connectivity index (χ2v) is 6.35. The number of carbonyl (C=O) groups is 1. The van der Waals surface area contributed by atoms with Crippen LogP contribution in [-0.2, 0) is 22.6 Å². The van der Waals surface area contributed by atoms with Crippen molar-refractivity contribution in [2.75, 3.05) is 19.7 Å². The standard InChI is InChI=1S/C18H20N4O2/c23-18-13-24-17-12-21(9-15-2-1-5-20-8-15)11-16(17)22(18)10-14-3-6-19-7-4-14/h1-8,16-17H,9-13H2/t16-,17-/m1/s1. The van der Waals surface area contributed by atoms with Crippen LogP contribution in [0.3, 0.4) is 0 Å². The van der Waals surface area contributed by atoms with Gasteiger partial charge in [-0.1, -0.05) is 6.07 Å². The van der Waals surface area contributed by atoms with Gasteiger partial charge in [0.2, 0.25) is 5.91 Å². The van der Waals surface area contributed by atoms with Crippen molar-refractivity contribution in [1.29, 1.82) is 0 Å². The second kappa shape index (κ2) is 6.67. The maximum absolute atomic E-state index is 12.4. The van der Waals surface area contributed by atoms with Gasteiger partial charge in [-0.2, -0.15) is 0 Å². The molecular weight excluding hydrogens is 304 g/mol. The van der Waals surface area contributed by atoms with E-state index in [1.54, 1.807) is 18.6 Å². The lowest BCUT2D eigenvalue weighted by atomic mass is 10.1. The van der Waals surface area contributed by atoms with Gasteiger partial charge < -0.3 is 9.64 Å². The molecule has 2 fully saturated rings. The van der Waals surface area contributed by atoms with E-state index in [4.69, 9.17) is 4.74 Å². The Morgan fingerprint density at radius 3 is 2.71 bits per heavy atom. The van der Waals surface area contributed by atoms with Gasteiger partial charge in [0.15, 0.2) is 0 Å². The molecule has 124 valence electrons. The summed E-state index contributed by atoms with van der Waals surface area (Å²) in [6.07, 6.45) is 7.29. The van der Waals surface area contributed by atoms with Crippen molar-refractivity contribution in [1.82, 2.24) is 19.8 Å². The summed E-state index contributed by atoms with van der Waals surface area (Å²) >= 11 is 0. The third kappa shape index (κ3) is 3.16. The molecule has 2 aliphatic rings. The van der Waals surface area contributed by atoms with Gasteiger partial charge in [0.05, 0.1) is 12.1 Å². The number of aromatic nitrogens is 2. The summed E-state index contributed by atoms with van der Waals surface area (Å²) in [5, 5.41) is 0. The minimum atomic E-state index is 0.0660. The van der Waals surface area contributed by atoms with Crippen LogP contribution in [0.15, 0.2) is 49.1 Å². The zero-order valence-electron chi connectivity index (χ0n) is 13.4. The van der Waals surface area contributed by atoms with Crippen LogP contribution in [0.25, 0.3) is 0 Å². The van der Waals surface area contributed by atoms with Crippen molar-refractivity contribution >= 4 is 5.91 Å². The Hall–Kier alpha value is -2.31. The number of hydrogen-bond acceptors (Lipinski definition) is 5. The van der Waals surface area contributed by atoms with Crippen LogP contribution in [0.5, 0.6) is 0 Å². The Morgan fingerprint density at radius 1 is 1.04 bits per heavy atom. The molecule has 0 aliphatic carbocycles. The van der Waals surface area contributed by atoms with Gasteiger partial charge in [-0.3, -0.25) is 19.7 Å². The zero-order valence-corrected chi connectivity index (χ0v) is 13.4. The normalized spacial score (nSPS) is 24.2. The molecule has 2 aromatic heterocycles. The van der Waals surface area contributed by atoms with E-state index in [0.717, 1.165) is 25.2 Å². The number of fused-ring (bicyclic) bond motifs is 1. The van der Waals surface area contributed by atoms with E-state index in [-0.39, 0.29) is 24.7 Å². The van der Waals surface area contributed by atoms with E-state index in [2.05, 4.69) is 20.9 Å². The molecule has 0 saturated carbocycles. The Kier molecular flexibility index (Phi) is 4.23. The van der Waals surface area contributed by atoms with Crippen LogP contribution in [0.2, 0.25) is 0 Å². The number of amides is 1. The average molecular weight is 324 g/mol. The number of rotatable bonds is 4. The highest BCUT2D eigenvalue weighted by Crippen LogP contribution is 2.26. The van der Waals surface area contributed by atoms with E-state index in [1.807, 2.05) is 29.3 Å². The van der Waals surface area contributed by atoms with Gasteiger partial charge in [-0.15, -0.1) is 0 Å². The quantitative estimate of drug-likeness (QED) is 0.842. The average Bonchev–Trinajstić information content (AvgIpc) is 3.02. The van der Waals surface area contributed by atoms with Gasteiger partial charge in [0, 0.05) is 51.0 Å². The summed E-state index contributed by atoms with van der Waals surface area (Å²) in [6, 6.07) is 8.06. The first-order valence-corrected chi connectivity index (χ1v) is 8.21. The highest BCUT2D eigenvalue weighted by molar-refractivity contribution is 5.78. The largest absolute Gasteiger partial charge is 0.365 e.